The maximum absolute atomic E-state index is 10.8. The molecule has 120 valence electrons. The molecule has 3 nitrogen and oxygen atoms in total. The van der Waals surface area contributed by atoms with Crippen LogP contribution in [0.3, 0.4) is 0 Å². The van der Waals surface area contributed by atoms with Gasteiger partial charge in [0.1, 0.15) is 5.75 Å². The van der Waals surface area contributed by atoms with Crippen LogP contribution in [-0.2, 0) is 22.0 Å². The maximum atomic E-state index is 10.8. The molecule has 0 unspecified atom stereocenters. The zero-order valence-corrected chi connectivity index (χ0v) is 14.9. The number of aryl methyl sites for hydroxylation is 1. The number of hydrogen-bond acceptors (Lipinski definition) is 2. The normalized spacial score (nSPS) is 11.9. The van der Waals surface area contributed by atoms with Crippen LogP contribution in [0.15, 0.2) is 12.1 Å². The third-order valence-corrected chi connectivity index (χ3v) is 3.47. The van der Waals surface area contributed by atoms with Gasteiger partial charge in [-0.05, 0) is 33.9 Å². The van der Waals surface area contributed by atoms with Gasteiger partial charge in [0, 0.05) is 6.42 Å². The Morgan fingerprint density at radius 2 is 1.57 bits per heavy atom. The fraction of sp³-hybridized carbons (Fsp3) is 0.588. The topological polar surface area (TPSA) is 57.5 Å². The first-order chi connectivity index (χ1) is 8.93. The lowest BCUT2D eigenvalue weighted by Gasteiger charge is -2.27. The van der Waals surface area contributed by atoms with E-state index in [2.05, 4.69) is 41.5 Å². The smallest absolute Gasteiger partial charge is 0.303 e. The summed E-state index contributed by atoms with van der Waals surface area (Å²) in [5, 5.41) is 19.3. The van der Waals surface area contributed by atoms with Crippen LogP contribution in [0.5, 0.6) is 5.75 Å². The number of hydrogen-bond donors (Lipinski definition) is 2. The highest BCUT2D eigenvalue weighted by Crippen LogP contribution is 2.38. The number of carboxylic acids is 1. The van der Waals surface area contributed by atoms with Crippen molar-refractivity contribution in [2.75, 3.05) is 0 Å². The second kappa shape index (κ2) is 6.73. The first kappa shape index (κ1) is 19.8. The summed E-state index contributed by atoms with van der Waals surface area (Å²) in [6, 6.07) is 3.98. The first-order valence-corrected chi connectivity index (χ1v) is 7.01. The summed E-state index contributed by atoms with van der Waals surface area (Å²) < 4.78 is 0. The van der Waals surface area contributed by atoms with E-state index in [1.165, 1.54) is 0 Å². The number of carbonyl (C=O) groups is 1. The second-order valence-corrected chi connectivity index (χ2v) is 7.43. The van der Waals surface area contributed by atoms with Crippen molar-refractivity contribution in [3.05, 3.63) is 28.8 Å². The Hall–Kier alpha value is -1.16. The molecular formula is C17H28O3S. The van der Waals surface area contributed by atoms with Crippen LogP contribution < -0.4 is 0 Å². The van der Waals surface area contributed by atoms with Crippen LogP contribution in [-0.4, -0.2) is 16.2 Å². The summed E-state index contributed by atoms with van der Waals surface area (Å²) in [5.74, 6) is -0.602. The van der Waals surface area contributed by atoms with Crippen molar-refractivity contribution >= 4 is 19.5 Å². The summed E-state index contributed by atoms with van der Waals surface area (Å²) in [6.45, 7) is 12.5. The Morgan fingerprint density at radius 1 is 1.05 bits per heavy atom. The molecule has 0 saturated heterocycles. The average Bonchev–Trinajstić information content (AvgIpc) is 2.24. The summed E-state index contributed by atoms with van der Waals surface area (Å²) >= 11 is 0. The molecule has 0 fully saturated rings. The third-order valence-electron chi connectivity index (χ3n) is 3.47. The minimum atomic E-state index is -0.845. The SMILES string of the molecule is CC(C)(C)c1cc(CCC(=O)O)c(O)c(C(C)(C)C)c1.S. The molecule has 0 bridgehead atoms. The Morgan fingerprint density at radius 3 is 1.95 bits per heavy atom. The van der Waals surface area contributed by atoms with Gasteiger partial charge in [0.15, 0.2) is 0 Å². The number of phenolic OH excluding ortho intramolecular Hbond substituents is 1. The van der Waals surface area contributed by atoms with Gasteiger partial charge in [-0.25, -0.2) is 0 Å². The van der Waals surface area contributed by atoms with Crippen LogP contribution in [0.2, 0.25) is 0 Å². The van der Waals surface area contributed by atoms with Crippen LogP contribution in [0.4, 0.5) is 0 Å². The molecule has 21 heavy (non-hydrogen) atoms. The number of aliphatic carboxylic acids is 1. The molecule has 0 aromatic heterocycles. The van der Waals surface area contributed by atoms with Gasteiger partial charge in [-0.1, -0.05) is 53.7 Å². The van der Waals surface area contributed by atoms with Crippen molar-refractivity contribution in [2.24, 2.45) is 0 Å². The van der Waals surface area contributed by atoms with Crippen molar-refractivity contribution < 1.29 is 15.0 Å². The molecule has 0 amide bonds. The summed E-state index contributed by atoms with van der Waals surface area (Å²) in [5.41, 5.74) is 2.52. The minimum Gasteiger partial charge on any atom is -0.507 e. The molecule has 0 spiro atoms. The zero-order valence-electron chi connectivity index (χ0n) is 13.9. The second-order valence-electron chi connectivity index (χ2n) is 7.43. The highest BCUT2D eigenvalue weighted by molar-refractivity contribution is 7.59. The standard InChI is InChI=1S/C17H26O3.H2S/c1-16(2,3)12-9-11(7-8-14(18)19)15(20)13(10-12)17(4,5)6;/h9-10,20H,7-8H2,1-6H3,(H,18,19);1H2. The molecule has 0 atom stereocenters. The van der Waals surface area contributed by atoms with E-state index in [4.69, 9.17) is 5.11 Å². The van der Waals surface area contributed by atoms with Crippen molar-refractivity contribution in [1.29, 1.82) is 0 Å². The number of rotatable bonds is 3. The van der Waals surface area contributed by atoms with Crippen molar-refractivity contribution in [3.8, 4) is 5.75 Å². The summed E-state index contributed by atoms with van der Waals surface area (Å²) in [6.07, 6.45) is 0.388. The van der Waals surface area contributed by atoms with Gasteiger partial charge in [0.05, 0.1) is 0 Å². The molecule has 0 aliphatic rings. The van der Waals surface area contributed by atoms with Crippen LogP contribution in [0.1, 0.15) is 64.7 Å². The van der Waals surface area contributed by atoms with Gasteiger partial charge in [-0.15, -0.1) is 0 Å². The fourth-order valence-corrected chi connectivity index (χ4v) is 2.13. The monoisotopic (exact) mass is 312 g/mol. The predicted octanol–water partition coefficient (Wildman–Crippen LogP) is 4.12. The van der Waals surface area contributed by atoms with Gasteiger partial charge >= 0.3 is 5.97 Å². The van der Waals surface area contributed by atoms with Crippen molar-refractivity contribution in [1.82, 2.24) is 0 Å². The van der Waals surface area contributed by atoms with Gasteiger partial charge in [0.25, 0.3) is 0 Å². The molecule has 0 saturated carbocycles. The van der Waals surface area contributed by atoms with E-state index >= 15 is 0 Å². The van der Waals surface area contributed by atoms with Gasteiger partial charge in [-0.2, -0.15) is 13.5 Å². The van der Waals surface area contributed by atoms with E-state index < -0.39 is 5.97 Å². The molecule has 1 aromatic rings. The zero-order chi connectivity index (χ0) is 15.7. The molecule has 0 aliphatic heterocycles. The lowest BCUT2D eigenvalue weighted by molar-refractivity contribution is -0.136. The Balaban J connectivity index is 0.00000400. The predicted molar refractivity (Wildman–Crippen MR) is 91.8 cm³/mol. The van der Waals surface area contributed by atoms with Crippen LogP contribution >= 0.6 is 13.5 Å². The molecule has 2 N–H and O–H groups in total. The van der Waals surface area contributed by atoms with E-state index in [9.17, 15) is 9.90 Å². The molecular weight excluding hydrogens is 284 g/mol. The van der Waals surface area contributed by atoms with Gasteiger partial charge < -0.3 is 10.2 Å². The number of aromatic hydroxyl groups is 1. The van der Waals surface area contributed by atoms with Crippen LogP contribution in [0, 0.1) is 0 Å². The molecule has 4 heteroatoms. The minimum absolute atomic E-state index is 0. The quantitative estimate of drug-likeness (QED) is 0.883. The van der Waals surface area contributed by atoms with Gasteiger partial charge in [0.2, 0.25) is 0 Å². The summed E-state index contributed by atoms with van der Waals surface area (Å²) in [7, 11) is 0. The molecule has 1 aromatic carbocycles. The van der Waals surface area contributed by atoms with E-state index in [1.807, 2.05) is 12.1 Å². The Bertz CT molecular complexity index is 508. The third kappa shape index (κ3) is 5.27. The number of phenols is 1. The van der Waals surface area contributed by atoms with E-state index in [-0.39, 0.29) is 36.5 Å². The Labute approximate surface area is 134 Å². The largest absolute Gasteiger partial charge is 0.507 e. The summed E-state index contributed by atoms with van der Waals surface area (Å²) in [4.78, 5) is 10.8. The average molecular weight is 312 g/mol. The van der Waals surface area contributed by atoms with E-state index in [0.29, 0.717) is 6.42 Å². The molecule has 0 aliphatic carbocycles. The van der Waals surface area contributed by atoms with Crippen molar-refractivity contribution in [2.45, 2.75) is 65.2 Å². The van der Waals surface area contributed by atoms with Crippen LogP contribution in [0.25, 0.3) is 0 Å². The van der Waals surface area contributed by atoms with Gasteiger partial charge in [-0.3, -0.25) is 4.79 Å². The molecule has 0 radical (unpaired) electrons. The fourth-order valence-electron chi connectivity index (χ4n) is 2.13. The number of benzene rings is 1. The van der Waals surface area contributed by atoms with E-state index in [0.717, 1.165) is 16.7 Å². The highest BCUT2D eigenvalue weighted by atomic mass is 32.1. The maximum Gasteiger partial charge on any atom is 0.303 e. The molecule has 0 heterocycles. The first-order valence-electron chi connectivity index (χ1n) is 7.01. The highest BCUT2D eigenvalue weighted by Gasteiger charge is 2.24. The Kier molecular flexibility index (Phi) is 6.36. The molecule has 1 rings (SSSR count). The number of carboxylic acid groups (broad SMARTS) is 1. The van der Waals surface area contributed by atoms with Crippen molar-refractivity contribution in [3.63, 3.8) is 0 Å². The lowest BCUT2D eigenvalue weighted by atomic mass is 9.78. The lowest BCUT2D eigenvalue weighted by Crippen LogP contribution is -2.17. The van der Waals surface area contributed by atoms with E-state index in [1.54, 1.807) is 0 Å².